The minimum atomic E-state index is -1.88. The zero-order chi connectivity index (χ0) is 21.4. The molecule has 0 aliphatic rings. The maximum atomic E-state index is 13.2. The van der Waals surface area contributed by atoms with E-state index >= 15 is 0 Å². The predicted octanol–water partition coefficient (Wildman–Crippen LogP) is 2.27. The number of halogens is 1. The monoisotopic (exact) mass is 422 g/mol. The van der Waals surface area contributed by atoms with Crippen molar-refractivity contribution in [3.63, 3.8) is 0 Å². The summed E-state index contributed by atoms with van der Waals surface area (Å²) in [6.07, 6.45) is -2.62. The quantitative estimate of drug-likeness (QED) is 0.548. The normalized spacial score (nSPS) is 14.1. The number of hydrogen-bond acceptors (Lipinski definition) is 5. The van der Waals surface area contributed by atoms with E-state index in [9.17, 15) is 24.2 Å². The minimum absolute atomic E-state index is 0.262. The van der Waals surface area contributed by atoms with Crippen LogP contribution < -0.4 is 5.32 Å². The van der Waals surface area contributed by atoms with Gasteiger partial charge in [-0.05, 0) is 48.9 Å². The highest BCUT2D eigenvalue weighted by molar-refractivity contribution is 7.09. The van der Waals surface area contributed by atoms with Gasteiger partial charge in [0.2, 0.25) is 0 Å². The van der Waals surface area contributed by atoms with Crippen LogP contribution in [-0.2, 0) is 16.0 Å². The summed E-state index contributed by atoms with van der Waals surface area (Å²) in [6.45, 7) is 4.16. The number of rotatable bonds is 10. The molecule has 0 aliphatic carbocycles. The van der Waals surface area contributed by atoms with E-state index in [-0.39, 0.29) is 12.4 Å². The summed E-state index contributed by atoms with van der Waals surface area (Å²) in [7, 11) is 0. The first kappa shape index (κ1) is 23.0. The van der Waals surface area contributed by atoms with Crippen LogP contribution in [0.2, 0.25) is 0 Å². The molecule has 29 heavy (non-hydrogen) atoms. The van der Waals surface area contributed by atoms with Gasteiger partial charge in [0.15, 0.2) is 12.2 Å². The minimum Gasteiger partial charge on any atom is -0.380 e. The molecule has 0 spiro atoms. The highest BCUT2D eigenvalue weighted by atomic mass is 32.1. The topological polar surface area (TPSA) is 89.9 Å². The Morgan fingerprint density at radius 3 is 2.38 bits per heavy atom. The van der Waals surface area contributed by atoms with Crippen molar-refractivity contribution >= 4 is 23.2 Å². The van der Waals surface area contributed by atoms with Crippen LogP contribution in [-0.4, -0.2) is 52.2 Å². The van der Waals surface area contributed by atoms with E-state index in [2.05, 4.69) is 5.32 Å². The summed E-state index contributed by atoms with van der Waals surface area (Å²) in [5.41, 5.74) is 0.714. The van der Waals surface area contributed by atoms with Gasteiger partial charge in [0.05, 0.1) is 6.04 Å². The summed E-state index contributed by atoms with van der Waals surface area (Å²) in [6, 6.07) is 9.22. The van der Waals surface area contributed by atoms with Gasteiger partial charge in [-0.3, -0.25) is 9.59 Å². The molecule has 0 saturated carbocycles. The lowest BCUT2D eigenvalue weighted by atomic mass is 10.0. The molecule has 8 heteroatoms. The van der Waals surface area contributed by atoms with Crippen LogP contribution in [0.15, 0.2) is 41.8 Å². The van der Waals surface area contributed by atoms with Crippen LogP contribution in [0, 0.1) is 5.82 Å². The van der Waals surface area contributed by atoms with Gasteiger partial charge in [-0.25, -0.2) is 4.39 Å². The third-order valence-corrected chi connectivity index (χ3v) is 5.65. The van der Waals surface area contributed by atoms with Crippen LogP contribution in [0.5, 0.6) is 0 Å². The SMILES string of the molecule is CC[C@H](c1ccc(F)cc1)N(CC)C(=O)[C@H](O)[C@@H](O)C(=O)NCCc1cccs1. The van der Waals surface area contributed by atoms with Crippen molar-refractivity contribution in [2.75, 3.05) is 13.1 Å². The molecule has 2 aromatic rings. The number of nitrogens with one attached hydrogen (secondary N) is 1. The molecule has 0 bridgehead atoms. The highest BCUT2D eigenvalue weighted by Gasteiger charge is 2.35. The van der Waals surface area contributed by atoms with E-state index in [0.717, 1.165) is 4.88 Å². The van der Waals surface area contributed by atoms with E-state index < -0.39 is 30.1 Å². The Morgan fingerprint density at radius 2 is 1.83 bits per heavy atom. The largest absolute Gasteiger partial charge is 0.380 e. The number of aliphatic hydroxyl groups excluding tert-OH is 2. The fraction of sp³-hybridized carbons (Fsp3) is 0.429. The molecule has 3 N–H and O–H groups in total. The molecular weight excluding hydrogens is 395 g/mol. The number of benzene rings is 1. The Balaban J connectivity index is 2.00. The van der Waals surface area contributed by atoms with Crippen LogP contribution in [0.4, 0.5) is 4.39 Å². The van der Waals surface area contributed by atoms with E-state index in [1.807, 2.05) is 24.4 Å². The van der Waals surface area contributed by atoms with Gasteiger partial charge < -0.3 is 20.4 Å². The van der Waals surface area contributed by atoms with Gasteiger partial charge in [-0.2, -0.15) is 0 Å². The second-order valence-corrected chi connectivity index (χ2v) is 7.64. The van der Waals surface area contributed by atoms with Crippen molar-refractivity contribution in [2.45, 2.75) is 44.9 Å². The first-order valence-corrected chi connectivity index (χ1v) is 10.5. The number of nitrogens with zero attached hydrogens (tertiary/aromatic N) is 1. The van der Waals surface area contributed by atoms with Crippen molar-refractivity contribution in [3.8, 4) is 0 Å². The van der Waals surface area contributed by atoms with Gasteiger partial charge in [0.25, 0.3) is 11.8 Å². The van der Waals surface area contributed by atoms with Crippen molar-refractivity contribution in [2.24, 2.45) is 0 Å². The molecule has 1 aromatic heterocycles. The van der Waals surface area contributed by atoms with Crippen molar-refractivity contribution in [1.29, 1.82) is 0 Å². The van der Waals surface area contributed by atoms with E-state index in [1.165, 1.54) is 17.0 Å². The smallest absolute Gasteiger partial charge is 0.255 e. The molecule has 158 valence electrons. The lowest BCUT2D eigenvalue weighted by Gasteiger charge is -2.33. The fourth-order valence-corrected chi connectivity index (χ4v) is 3.88. The number of likely N-dealkylation sites (N-methyl/N-ethyl adjacent to an activating group) is 1. The third kappa shape index (κ3) is 6.09. The zero-order valence-corrected chi connectivity index (χ0v) is 17.4. The summed E-state index contributed by atoms with van der Waals surface area (Å²) in [5, 5.41) is 24.9. The maximum Gasteiger partial charge on any atom is 0.255 e. The first-order chi connectivity index (χ1) is 13.9. The van der Waals surface area contributed by atoms with Gasteiger partial charge in [0, 0.05) is 18.0 Å². The van der Waals surface area contributed by atoms with Gasteiger partial charge in [-0.15, -0.1) is 11.3 Å². The predicted molar refractivity (Wildman–Crippen MR) is 110 cm³/mol. The summed E-state index contributed by atoms with van der Waals surface area (Å²) in [5.74, 6) is -1.93. The molecular formula is C21H27FN2O4S. The average molecular weight is 423 g/mol. The molecule has 2 amide bonds. The summed E-state index contributed by atoms with van der Waals surface area (Å²) >= 11 is 1.56. The lowest BCUT2D eigenvalue weighted by Crippen LogP contribution is -2.51. The standard InChI is InChI=1S/C21H27FN2O4S/c1-3-17(14-7-9-15(22)10-8-14)24(4-2)21(28)19(26)18(25)20(27)23-12-11-16-6-5-13-29-16/h5-10,13,17-19,25-26H,3-4,11-12H2,1-2H3,(H,23,27)/t17-,18-,19-/m1/s1. The molecule has 1 aromatic carbocycles. The van der Waals surface area contributed by atoms with E-state index in [0.29, 0.717) is 24.9 Å². The third-order valence-electron chi connectivity index (χ3n) is 4.71. The molecule has 0 unspecified atom stereocenters. The van der Waals surface area contributed by atoms with E-state index in [1.54, 1.807) is 30.4 Å². The van der Waals surface area contributed by atoms with Crippen LogP contribution in [0.3, 0.4) is 0 Å². The fourth-order valence-electron chi connectivity index (χ4n) is 3.17. The Hall–Kier alpha value is -2.29. The molecule has 0 aliphatic heterocycles. The molecule has 3 atom stereocenters. The zero-order valence-electron chi connectivity index (χ0n) is 16.5. The number of carbonyl (C=O) groups is 2. The van der Waals surface area contributed by atoms with Gasteiger partial charge in [-0.1, -0.05) is 25.1 Å². The Morgan fingerprint density at radius 1 is 1.14 bits per heavy atom. The molecule has 0 fully saturated rings. The first-order valence-electron chi connectivity index (χ1n) is 9.61. The number of hydrogen-bond donors (Lipinski definition) is 3. The van der Waals surface area contributed by atoms with E-state index in [4.69, 9.17) is 0 Å². The second-order valence-electron chi connectivity index (χ2n) is 6.61. The Bertz CT molecular complexity index is 782. The number of thiophene rings is 1. The second kappa shape index (κ2) is 11.0. The van der Waals surface area contributed by atoms with Gasteiger partial charge in [0.1, 0.15) is 5.82 Å². The number of carbonyl (C=O) groups excluding carboxylic acids is 2. The van der Waals surface area contributed by atoms with Crippen molar-refractivity contribution in [3.05, 3.63) is 58.0 Å². The Labute approximate surface area is 174 Å². The van der Waals surface area contributed by atoms with Crippen LogP contribution >= 0.6 is 11.3 Å². The van der Waals surface area contributed by atoms with Crippen molar-refractivity contribution in [1.82, 2.24) is 10.2 Å². The highest BCUT2D eigenvalue weighted by Crippen LogP contribution is 2.25. The lowest BCUT2D eigenvalue weighted by molar-refractivity contribution is -0.154. The van der Waals surface area contributed by atoms with Crippen molar-refractivity contribution < 1.29 is 24.2 Å². The maximum absolute atomic E-state index is 13.2. The summed E-state index contributed by atoms with van der Waals surface area (Å²) in [4.78, 5) is 27.4. The van der Waals surface area contributed by atoms with Gasteiger partial charge >= 0.3 is 0 Å². The average Bonchev–Trinajstić information content (AvgIpc) is 3.24. The number of amides is 2. The molecule has 6 nitrogen and oxygen atoms in total. The molecule has 0 radical (unpaired) electrons. The van der Waals surface area contributed by atoms with Crippen LogP contribution in [0.1, 0.15) is 36.8 Å². The Kier molecular flexibility index (Phi) is 8.75. The number of aliphatic hydroxyl groups is 2. The molecule has 1 heterocycles. The summed E-state index contributed by atoms with van der Waals surface area (Å²) < 4.78 is 13.2. The van der Waals surface area contributed by atoms with Crippen LogP contribution in [0.25, 0.3) is 0 Å². The molecule has 2 rings (SSSR count). The molecule has 0 saturated heterocycles.